The molecule has 7 nitrogen and oxygen atoms in total. The number of carbonyl (C=O) groups is 3. The van der Waals surface area contributed by atoms with Crippen LogP contribution < -0.4 is 16.4 Å². The second-order valence-corrected chi connectivity index (χ2v) is 7.06. The molecule has 1 heterocycles. The molecule has 1 atom stereocenters. The number of urea groups is 1. The first kappa shape index (κ1) is 17.7. The molecular formula is C16H28N4O3. The lowest BCUT2D eigenvalue weighted by atomic mass is 9.98. The molecule has 1 aliphatic heterocycles. The predicted molar refractivity (Wildman–Crippen MR) is 86.5 cm³/mol. The van der Waals surface area contributed by atoms with Gasteiger partial charge < -0.3 is 16.4 Å². The monoisotopic (exact) mass is 324 g/mol. The van der Waals surface area contributed by atoms with E-state index >= 15 is 0 Å². The molecule has 0 bridgehead atoms. The molecule has 0 aromatic carbocycles. The molecule has 0 aromatic heterocycles. The van der Waals surface area contributed by atoms with Gasteiger partial charge in [0.1, 0.15) is 5.54 Å². The van der Waals surface area contributed by atoms with Crippen molar-refractivity contribution in [1.82, 2.24) is 15.5 Å². The van der Waals surface area contributed by atoms with Crippen molar-refractivity contribution < 1.29 is 14.4 Å². The van der Waals surface area contributed by atoms with E-state index in [4.69, 9.17) is 5.73 Å². The minimum Gasteiger partial charge on any atom is -0.352 e. The largest absolute Gasteiger partial charge is 0.352 e. The Labute approximate surface area is 137 Å². The van der Waals surface area contributed by atoms with Gasteiger partial charge in [0.05, 0.1) is 0 Å². The van der Waals surface area contributed by atoms with Crippen molar-refractivity contribution in [3.8, 4) is 0 Å². The smallest absolute Gasteiger partial charge is 0.325 e. The lowest BCUT2D eigenvalue weighted by molar-refractivity contribution is -0.131. The van der Waals surface area contributed by atoms with Crippen LogP contribution in [0.3, 0.4) is 0 Å². The second-order valence-electron chi connectivity index (χ2n) is 7.06. The van der Waals surface area contributed by atoms with E-state index in [-0.39, 0.29) is 36.9 Å². The summed E-state index contributed by atoms with van der Waals surface area (Å²) in [6.07, 6.45) is 4.23. The predicted octanol–water partition coefficient (Wildman–Crippen LogP) is 0.731. The first-order valence-corrected chi connectivity index (χ1v) is 8.51. The Morgan fingerprint density at radius 1 is 1.35 bits per heavy atom. The van der Waals surface area contributed by atoms with Gasteiger partial charge in [0, 0.05) is 25.6 Å². The van der Waals surface area contributed by atoms with Crippen LogP contribution in [0.2, 0.25) is 0 Å². The van der Waals surface area contributed by atoms with E-state index in [2.05, 4.69) is 24.5 Å². The van der Waals surface area contributed by atoms with Crippen molar-refractivity contribution in [2.24, 2.45) is 11.7 Å². The summed E-state index contributed by atoms with van der Waals surface area (Å²) < 4.78 is 0. The highest BCUT2D eigenvalue weighted by Gasteiger charge is 2.52. The summed E-state index contributed by atoms with van der Waals surface area (Å²) >= 11 is 0. The maximum absolute atomic E-state index is 12.5. The Morgan fingerprint density at radius 2 is 2.00 bits per heavy atom. The van der Waals surface area contributed by atoms with Gasteiger partial charge in [-0.1, -0.05) is 26.7 Å². The third kappa shape index (κ3) is 4.02. The van der Waals surface area contributed by atoms with Crippen LogP contribution in [0.1, 0.15) is 52.4 Å². The molecule has 1 spiro atoms. The van der Waals surface area contributed by atoms with E-state index in [9.17, 15) is 14.4 Å². The first-order valence-electron chi connectivity index (χ1n) is 8.51. The molecule has 2 aliphatic rings. The Balaban J connectivity index is 1.84. The minimum atomic E-state index is -0.703. The summed E-state index contributed by atoms with van der Waals surface area (Å²) in [5, 5.41) is 5.70. The maximum Gasteiger partial charge on any atom is 0.325 e. The van der Waals surface area contributed by atoms with Crippen LogP contribution in [-0.4, -0.2) is 47.4 Å². The third-order valence-corrected chi connectivity index (χ3v) is 4.67. The van der Waals surface area contributed by atoms with Crippen LogP contribution in [-0.2, 0) is 9.59 Å². The first-order chi connectivity index (χ1) is 10.9. The molecule has 1 aliphatic carbocycles. The summed E-state index contributed by atoms with van der Waals surface area (Å²) in [5.74, 6) is 0.0939. The third-order valence-electron chi connectivity index (χ3n) is 4.67. The number of nitrogens with one attached hydrogen (secondary N) is 2. The molecule has 4 N–H and O–H groups in total. The van der Waals surface area contributed by atoms with Gasteiger partial charge in [0.15, 0.2) is 0 Å². The summed E-state index contributed by atoms with van der Waals surface area (Å²) in [5.41, 5.74) is 4.96. The number of imide groups is 1. The van der Waals surface area contributed by atoms with Gasteiger partial charge in [-0.05, 0) is 25.2 Å². The Morgan fingerprint density at radius 3 is 2.57 bits per heavy atom. The Bertz CT molecular complexity index is 472. The molecule has 0 radical (unpaired) electrons. The zero-order valence-electron chi connectivity index (χ0n) is 14.1. The van der Waals surface area contributed by atoms with Gasteiger partial charge in [0.2, 0.25) is 5.91 Å². The zero-order valence-corrected chi connectivity index (χ0v) is 14.1. The second kappa shape index (κ2) is 7.29. The molecule has 4 amide bonds. The van der Waals surface area contributed by atoms with Gasteiger partial charge in [0.25, 0.3) is 5.91 Å². The van der Waals surface area contributed by atoms with Crippen LogP contribution in [0.15, 0.2) is 0 Å². The topological polar surface area (TPSA) is 105 Å². The van der Waals surface area contributed by atoms with Gasteiger partial charge >= 0.3 is 6.03 Å². The fourth-order valence-electron chi connectivity index (χ4n) is 3.49. The SMILES string of the molecule is CC(C)CC(CN)NC(=O)CCN1C(=O)NC2(CCCC2)C1=O. The molecule has 2 rings (SSSR count). The fraction of sp³-hybridized carbons (Fsp3) is 0.812. The number of hydrogen-bond acceptors (Lipinski definition) is 4. The normalized spacial score (nSPS) is 21.1. The van der Waals surface area contributed by atoms with Crippen LogP contribution in [0, 0.1) is 5.92 Å². The van der Waals surface area contributed by atoms with Crippen molar-refractivity contribution in [2.45, 2.75) is 64.0 Å². The molecule has 7 heteroatoms. The van der Waals surface area contributed by atoms with E-state index in [0.717, 1.165) is 19.3 Å². The molecular weight excluding hydrogens is 296 g/mol. The quantitative estimate of drug-likeness (QED) is 0.600. The van der Waals surface area contributed by atoms with Gasteiger partial charge in [-0.3, -0.25) is 14.5 Å². The Hall–Kier alpha value is -1.63. The summed E-state index contributed by atoms with van der Waals surface area (Å²) in [7, 11) is 0. The molecule has 130 valence electrons. The summed E-state index contributed by atoms with van der Waals surface area (Å²) in [4.78, 5) is 37.7. The molecule has 1 saturated carbocycles. The van der Waals surface area contributed by atoms with Crippen molar-refractivity contribution in [3.63, 3.8) is 0 Å². The van der Waals surface area contributed by atoms with Crippen molar-refractivity contribution >= 4 is 17.8 Å². The van der Waals surface area contributed by atoms with Crippen LogP contribution in [0.4, 0.5) is 4.79 Å². The average molecular weight is 324 g/mol. The number of rotatable bonds is 7. The lowest BCUT2D eigenvalue weighted by Crippen LogP contribution is -2.45. The van der Waals surface area contributed by atoms with E-state index in [1.165, 1.54) is 4.90 Å². The van der Waals surface area contributed by atoms with E-state index < -0.39 is 5.54 Å². The maximum atomic E-state index is 12.5. The number of nitrogens with two attached hydrogens (primary N) is 1. The standard InChI is InChI=1S/C16H28N4O3/c1-11(2)9-12(10-17)18-13(21)5-8-20-14(22)16(19-15(20)23)6-3-4-7-16/h11-12H,3-10,17H2,1-2H3,(H,18,21)(H,19,23). The highest BCUT2D eigenvalue weighted by atomic mass is 16.2. The van der Waals surface area contributed by atoms with Gasteiger partial charge in [-0.15, -0.1) is 0 Å². The number of hydrogen-bond donors (Lipinski definition) is 3. The number of carbonyl (C=O) groups excluding carboxylic acids is 3. The summed E-state index contributed by atoms with van der Waals surface area (Å²) in [6, 6.07) is -0.436. The van der Waals surface area contributed by atoms with Crippen molar-refractivity contribution in [1.29, 1.82) is 0 Å². The fourth-order valence-corrected chi connectivity index (χ4v) is 3.49. The van der Waals surface area contributed by atoms with Crippen molar-refractivity contribution in [2.75, 3.05) is 13.1 Å². The summed E-state index contributed by atoms with van der Waals surface area (Å²) in [6.45, 7) is 4.65. The van der Waals surface area contributed by atoms with E-state index in [0.29, 0.717) is 25.3 Å². The van der Waals surface area contributed by atoms with E-state index in [1.54, 1.807) is 0 Å². The molecule has 1 saturated heterocycles. The Kier molecular flexibility index (Phi) is 5.62. The highest BCUT2D eigenvalue weighted by molar-refractivity contribution is 6.07. The molecule has 0 aromatic rings. The lowest BCUT2D eigenvalue weighted by Gasteiger charge is -2.21. The van der Waals surface area contributed by atoms with Gasteiger partial charge in [-0.2, -0.15) is 0 Å². The molecule has 23 heavy (non-hydrogen) atoms. The average Bonchev–Trinajstić information content (AvgIpc) is 3.03. The zero-order chi connectivity index (χ0) is 17.0. The number of amides is 4. The van der Waals surface area contributed by atoms with Crippen LogP contribution in [0.25, 0.3) is 0 Å². The van der Waals surface area contributed by atoms with Gasteiger partial charge in [-0.25, -0.2) is 4.79 Å². The number of nitrogens with zero attached hydrogens (tertiary/aromatic N) is 1. The van der Waals surface area contributed by atoms with E-state index in [1.807, 2.05) is 0 Å². The minimum absolute atomic E-state index is 0.0632. The van der Waals surface area contributed by atoms with Crippen molar-refractivity contribution in [3.05, 3.63) is 0 Å². The molecule has 1 unspecified atom stereocenters. The molecule has 2 fully saturated rings. The highest BCUT2D eigenvalue weighted by Crippen LogP contribution is 2.34. The van der Waals surface area contributed by atoms with Crippen LogP contribution in [0.5, 0.6) is 0 Å². The van der Waals surface area contributed by atoms with Crippen LogP contribution >= 0.6 is 0 Å².